The molecule has 0 aromatic heterocycles. The molecule has 2 aliphatic carbocycles. The van der Waals surface area contributed by atoms with Crippen LogP contribution in [0.1, 0.15) is 32.6 Å². The maximum absolute atomic E-state index is 8.96. The molecule has 0 aliphatic heterocycles. The van der Waals surface area contributed by atoms with Crippen LogP contribution in [0, 0.1) is 16.7 Å². The monoisotopic (exact) mass is 167 g/mol. The van der Waals surface area contributed by atoms with Crippen LogP contribution >= 0.6 is 11.8 Å². The molecule has 2 saturated carbocycles. The Bertz CT molecular complexity index is 204. The number of nitrogens with zero attached hydrogens (tertiary/aromatic N) is 1. The van der Waals surface area contributed by atoms with Gasteiger partial charge in [0.2, 0.25) is 0 Å². The fourth-order valence-electron chi connectivity index (χ4n) is 2.18. The van der Waals surface area contributed by atoms with E-state index in [0.29, 0.717) is 5.41 Å². The molecule has 0 bridgehead atoms. The summed E-state index contributed by atoms with van der Waals surface area (Å²) >= 11 is 1.85. The lowest BCUT2D eigenvalue weighted by molar-refractivity contribution is 0.251. The van der Waals surface area contributed by atoms with Gasteiger partial charge in [-0.1, -0.05) is 6.92 Å². The fraction of sp³-hybridized carbons (Fsp3) is 0.889. The lowest BCUT2D eigenvalue weighted by Crippen LogP contribution is -2.41. The van der Waals surface area contributed by atoms with Gasteiger partial charge in [0.25, 0.3) is 0 Å². The minimum absolute atomic E-state index is 0.0330. The van der Waals surface area contributed by atoms with E-state index in [2.05, 4.69) is 13.0 Å². The lowest BCUT2D eigenvalue weighted by atomic mass is 9.72. The third kappa shape index (κ3) is 1.06. The molecule has 1 spiro atoms. The molecule has 60 valence electrons. The van der Waals surface area contributed by atoms with Gasteiger partial charge in [-0.15, -0.1) is 11.8 Å². The van der Waals surface area contributed by atoms with Gasteiger partial charge in [0, 0.05) is 0 Å². The smallest absolute Gasteiger partial charge is 0.103 e. The number of rotatable bonds is 2. The maximum Gasteiger partial charge on any atom is 0.103 e. The number of hydrogen-bond donors (Lipinski definition) is 0. The van der Waals surface area contributed by atoms with Crippen LogP contribution in [0.3, 0.4) is 0 Å². The van der Waals surface area contributed by atoms with Crippen molar-refractivity contribution in [2.75, 3.05) is 5.75 Å². The topological polar surface area (TPSA) is 23.8 Å². The Balaban J connectivity index is 1.96. The van der Waals surface area contributed by atoms with E-state index >= 15 is 0 Å². The average molecular weight is 167 g/mol. The van der Waals surface area contributed by atoms with Crippen LogP contribution in [-0.2, 0) is 0 Å². The molecule has 2 rings (SSSR count). The zero-order valence-corrected chi connectivity index (χ0v) is 7.71. The minimum Gasteiger partial charge on any atom is -0.197 e. The van der Waals surface area contributed by atoms with Crippen molar-refractivity contribution in [3.05, 3.63) is 0 Å². The molecule has 0 aromatic carbocycles. The first-order valence-electron chi connectivity index (χ1n) is 4.29. The van der Waals surface area contributed by atoms with Gasteiger partial charge in [-0.2, -0.15) is 5.26 Å². The second-order valence-corrected chi connectivity index (χ2v) is 5.54. The highest BCUT2D eigenvalue weighted by atomic mass is 32.2. The molecule has 1 nitrogen and oxygen atoms in total. The van der Waals surface area contributed by atoms with Crippen molar-refractivity contribution in [1.29, 1.82) is 5.26 Å². The van der Waals surface area contributed by atoms with Gasteiger partial charge in [0.1, 0.15) is 4.75 Å². The first-order valence-corrected chi connectivity index (χ1v) is 5.28. The normalized spacial score (nSPS) is 29.1. The summed E-state index contributed by atoms with van der Waals surface area (Å²) in [5.41, 5.74) is 0.665. The summed E-state index contributed by atoms with van der Waals surface area (Å²) in [5, 5.41) is 8.96. The first kappa shape index (κ1) is 7.49. The van der Waals surface area contributed by atoms with Gasteiger partial charge < -0.3 is 0 Å². The summed E-state index contributed by atoms with van der Waals surface area (Å²) in [5.74, 6) is 1.09. The van der Waals surface area contributed by atoms with E-state index in [1.807, 2.05) is 11.8 Å². The molecule has 0 atom stereocenters. The van der Waals surface area contributed by atoms with Gasteiger partial charge >= 0.3 is 0 Å². The van der Waals surface area contributed by atoms with Gasteiger partial charge in [0.15, 0.2) is 0 Å². The van der Waals surface area contributed by atoms with Gasteiger partial charge in [-0.25, -0.2) is 0 Å². The van der Waals surface area contributed by atoms with Crippen molar-refractivity contribution in [2.45, 2.75) is 37.4 Å². The average Bonchev–Trinajstić information content (AvgIpc) is 2.67. The minimum atomic E-state index is 0.0330. The summed E-state index contributed by atoms with van der Waals surface area (Å²) in [4.78, 5) is 0. The summed E-state index contributed by atoms with van der Waals surface area (Å²) in [6.45, 7) is 2.14. The lowest BCUT2D eigenvalue weighted by Gasteiger charge is -2.42. The van der Waals surface area contributed by atoms with E-state index < -0.39 is 0 Å². The molecule has 0 aromatic rings. The zero-order chi connectivity index (χ0) is 7.95. The largest absolute Gasteiger partial charge is 0.197 e. The van der Waals surface area contributed by atoms with Crippen LogP contribution in [0.4, 0.5) is 0 Å². The van der Waals surface area contributed by atoms with Crippen molar-refractivity contribution >= 4 is 11.8 Å². The molecular formula is C9H13NS. The van der Waals surface area contributed by atoms with E-state index in [1.54, 1.807) is 0 Å². The van der Waals surface area contributed by atoms with Crippen molar-refractivity contribution in [3.8, 4) is 6.07 Å². The molecule has 0 unspecified atom stereocenters. The van der Waals surface area contributed by atoms with Crippen LogP contribution in [-0.4, -0.2) is 10.5 Å². The Kier molecular flexibility index (Phi) is 1.47. The molecule has 2 aliphatic rings. The molecule has 2 fully saturated rings. The van der Waals surface area contributed by atoms with E-state index in [-0.39, 0.29) is 4.75 Å². The Morgan fingerprint density at radius 3 is 2.45 bits per heavy atom. The SMILES string of the molecule is CCSC1(C#N)CC2(CC2)C1. The molecule has 0 radical (unpaired) electrons. The fourth-order valence-corrected chi connectivity index (χ4v) is 3.61. The van der Waals surface area contributed by atoms with Gasteiger partial charge in [-0.3, -0.25) is 0 Å². The van der Waals surface area contributed by atoms with Crippen molar-refractivity contribution in [1.82, 2.24) is 0 Å². The maximum atomic E-state index is 8.96. The number of nitriles is 1. The molecule has 0 heterocycles. The highest BCUT2D eigenvalue weighted by Crippen LogP contribution is 2.68. The highest BCUT2D eigenvalue weighted by Gasteiger charge is 2.61. The Morgan fingerprint density at radius 2 is 2.09 bits per heavy atom. The van der Waals surface area contributed by atoms with Crippen molar-refractivity contribution in [2.24, 2.45) is 5.41 Å². The predicted molar refractivity (Wildman–Crippen MR) is 47.4 cm³/mol. The van der Waals surface area contributed by atoms with E-state index in [4.69, 9.17) is 5.26 Å². The van der Waals surface area contributed by atoms with E-state index in [0.717, 1.165) is 5.75 Å². The number of thioether (sulfide) groups is 1. The highest BCUT2D eigenvalue weighted by molar-refractivity contribution is 8.00. The third-order valence-corrected chi connectivity index (χ3v) is 4.12. The molecule has 2 heteroatoms. The molecule has 0 N–H and O–H groups in total. The van der Waals surface area contributed by atoms with Crippen LogP contribution in [0.25, 0.3) is 0 Å². The van der Waals surface area contributed by atoms with Gasteiger partial charge in [0.05, 0.1) is 6.07 Å². The standard InChI is InChI=1S/C9H13NS/c1-2-11-9(7-10)5-8(6-9)3-4-8/h2-6H2,1H3. The van der Waals surface area contributed by atoms with Crippen LogP contribution in [0.2, 0.25) is 0 Å². The molecule has 0 saturated heterocycles. The summed E-state index contributed by atoms with van der Waals surface area (Å²) in [6, 6.07) is 2.47. The summed E-state index contributed by atoms with van der Waals surface area (Å²) in [7, 11) is 0. The second kappa shape index (κ2) is 2.17. The van der Waals surface area contributed by atoms with Crippen molar-refractivity contribution in [3.63, 3.8) is 0 Å². The summed E-state index contributed by atoms with van der Waals surface area (Å²) < 4.78 is 0.0330. The first-order chi connectivity index (χ1) is 5.24. The Labute approximate surface area is 72.2 Å². The van der Waals surface area contributed by atoms with Crippen LogP contribution in [0.15, 0.2) is 0 Å². The third-order valence-electron chi connectivity index (χ3n) is 2.90. The van der Waals surface area contributed by atoms with E-state index in [1.165, 1.54) is 25.7 Å². The predicted octanol–water partition coefficient (Wildman–Crippen LogP) is 2.58. The Morgan fingerprint density at radius 1 is 1.45 bits per heavy atom. The molecule has 11 heavy (non-hydrogen) atoms. The van der Waals surface area contributed by atoms with Crippen molar-refractivity contribution < 1.29 is 0 Å². The molecule has 0 amide bonds. The van der Waals surface area contributed by atoms with Gasteiger partial charge in [-0.05, 0) is 36.9 Å². The quantitative estimate of drug-likeness (QED) is 0.631. The zero-order valence-electron chi connectivity index (χ0n) is 6.89. The van der Waals surface area contributed by atoms with Crippen LogP contribution < -0.4 is 0 Å². The number of hydrogen-bond acceptors (Lipinski definition) is 2. The van der Waals surface area contributed by atoms with Crippen LogP contribution in [0.5, 0.6) is 0 Å². The Hall–Kier alpha value is -0.160. The molecular weight excluding hydrogens is 154 g/mol. The summed E-state index contributed by atoms with van der Waals surface area (Å²) in [6.07, 6.45) is 5.13. The second-order valence-electron chi connectivity index (χ2n) is 3.89. The van der Waals surface area contributed by atoms with E-state index in [9.17, 15) is 0 Å².